The SMILES string of the molecule is CC/C=C/CCOC(=O)[C@@H](C)O. The summed E-state index contributed by atoms with van der Waals surface area (Å²) in [5.41, 5.74) is 0. The molecule has 0 saturated heterocycles. The van der Waals surface area contributed by atoms with Crippen LogP contribution in [-0.4, -0.2) is 23.8 Å². The van der Waals surface area contributed by atoms with E-state index >= 15 is 0 Å². The zero-order valence-corrected chi connectivity index (χ0v) is 7.62. The first-order chi connectivity index (χ1) is 5.68. The van der Waals surface area contributed by atoms with Crippen molar-refractivity contribution in [3.05, 3.63) is 12.2 Å². The first-order valence-electron chi connectivity index (χ1n) is 4.18. The Morgan fingerprint density at radius 3 is 2.75 bits per heavy atom. The van der Waals surface area contributed by atoms with E-state index in [9.17, 15) is 4.79 Å². The molecule has 0 aromatic rings. The van der Waals surface area contributed by atoms with Gasteiger partial charge in [-0.25, -0.2) is 4.79 Å². The Hall–Kier alpha value is -0.830. The van der Waals surface area contributed by atoms with Gasteiger partial charge in [0.25, 0.3) is 0 Å². The summed E-state index contributed by atoms with van der Waals surface area (Å²) in [5, 5.41) is 8.73. The quantitative estimate of drug-likeness (QED) is 0.386. The number of carbonyl (C=O) groups excluding carboxylic acids is 1. The lowest BCUT2D eigenvalue weighted by molar-refractivity contribution is -0.152. The number of allylic oxidation sites excluding steroid dienone is 1. The molecule has 0 fully saturated rings. The van der Waals surface area contributed by atoms with Crippen LogP contribution in [0.15, 0.2) is 12.2 Å². The molecule has 0 aromatic carbocycles. The average Bonchev–Trinajstić information content (AvgIpc) is 2.03. The van der Waals surface area contributed by atoms with Crippen LogP contribution in [0.2, 0.25) is 0 Å². The summed E-state index contributed by atoms with van der Waals surface area (Å²) in [5.74, 6) is -0.556. The Kier molecular flexibility index (Phi) is 6.38. The molecule has 0 aliphatic rings. The third-order valence-electron chi connectivity index (χ3n) is 1.27. The molecule has 0 aliphatic heterocycles. The third kappa shape index (κ3) is 5.92. The number of rotatable bonds is 5. The number of ether oxygens (including phenoxy) is 1. The molecule has 0 radical (unpaired) electrons. The van der Waals surface area contributed by atoms with Gasteiger partial charge in [0.2, 0.25) is 0 Å². The predicted octanol–water partition coefficient (Wildman–Crippen LogP) is 1.27. The minimum Gasteiger partial charge on any atom is -0.463 e. The maximum atomic E-state index is 10.7. The molecule has 0 heterocycles. The van der Waals surface area contributed by atoms with Crippen molar-refractivity contribution in [3.8, 4) is 0 Å². The lowest BCUT2D eigenvalue weighted by Gasteiger charge is -2.03. The van der Waals surface area contributed by atoms with Crippen molar-refractivity contribution in [2.75, 3.05) is 6.61 Å². The fourth-order valence-electron chi connectivity index (χ4n) is 0.633. The topological polar surface area (TPSA) is 46.5 Å². The van der Waals surface area contributed by atoms with E-state index < -0.39 is 12.1 Å². The second-order valence-corrected chi connectivity index (χ2v) is 2.51. The average molecular weight is 172 g/mol. The molecule has 0 aliphatic carbocycles. The zero-order valence-electron chi connectivity index (χ0n) is 7.62. The van der Waals surface area contributed by atoms with Crippen LogP contribution in [0.3, 0.4) is 0 Å². The Bertz CT molecular complexity index is 150. The number of hydrogen-bond donors (Lipinski definition) is 1. The molecule has 3 nitrogen and oxygen atoms in total. The second-order valence-electron chi connectivity index (χ2n) is 2.51. The fourth-order valence-corrected chi connectivity index (χ4v) is 0.633. The number of esters is 1. The Morgan fingerprint density at radius 1 is 1.58 bits per heavy atom. The van der Waals surface area contributed by atoms with E-state index in [2.05, 4.69) is 0 Å². The predicted molar refractivity (Wildman–Crippen MR) is 46.7 cm³/mol. The van der Waals surface area contributed by atoms with Gasteiger partial charge in [-0.1, -0.05) is 19.1 Å². The molecule has 3 heteroatoms. The highest BCUT2D eigenvalue weighted by Gasteiger charge is 2.08. The van der Waals surface area contributed by atoms with Crippen LogP contribution in [0.4, 0.5) is 0 Å². The summed E-state index contributed by atoms with van der Waals surface area (Å²) < 4.78 is 4.71. The van der Waals surface area contributed by atoms with Crippen LogP contribution in [0.1, 0.15) is 26.7 Å². The fraction of sp³-hybridized carbons (Fsp3) is 0.667. The van der Waals surface area contributed by atoms with Gasteiger partial charge < -0.3 is 9.84 Å². The summed E-state index contributed by atoms with van der Waals surface area (Å²) >= 11 is 0. The zero-order chi connectivity index (χ0) is 9.40. The Morgan fingerprint density at radius 2 is 2.25 bits per heavy atom. The second kappa shape index (κ2) is 6.85. The van der Waals surface area contributed by atoms with Crippen LogP contribution in [0, 0.1) is 0 Å². The molecular weight excluding hydrogens is 156 g/mol. The number of aliphatic hydroxyl groups is 1. The van der Waals surface area contributed by atoms with Crippen molar-refractivity contribution in [2.24, 2.45) is 0 Å². The monoisotopic (exact) mass is 172 g/mol. The first-order valence-corrected chi connectivity index (χ1v) is 4.18. The number of carbonyl (C=O) groups is 1. The van der Waals surface area contributed by atoms with E-state index in [0.717, 1.165) is 6.42 Å². The van der Waals surface area contributed by atoms with Gasteiger partial charge in [-0.15, -0.1) is 0 Å². The molecule has 0 aromatic heterocycles. The van der Waals surface area contributed by atoms with Crippen LogP contribution in [0.25, 0.3) is 0 Å². The van der Waals surface area contributed by atoms with Gasteiger partial charge in [-0.3, -0.25) is 0 Å². The van der Waals surface area contributed by atoms with Crippen molar-refractivity contribution < 1.29 is 14.6 Å². The summed E-state index contributed by atoms with van der Waals surface area (Å²) in [6.07, 6.45) is 4.66. The van der Waals surface area contributed by atoms with Gasteiger partial charge in [0.1, 0.15) is 6.10 Å². The van der Waals surface area contributed by atoms with Gasteiger partial charge in [-0.2, -0.15) is 0 Å². The maximum Gasteiger partial charge on any atom is 0.334 e. The summed E-state index contributed by atoms with van der Waals surface area (Å²) in [6.45, 7) is 3.78. The molecule has 0 unspecified atom stereocenters. The van der Waals surface area contributed by atoms with Crippen molar-refractivity contribution >= 4 is 5.97 Å². The number of hydrogen-bond acceptors (Lipinski definition) is 3. The van der Waals surface area contributed by atoms with Crippen molar-refractivity contribution in [2.45, 2.75) is 32.8 Å². The largest absolute Gasteiger partial charge is 0.463 e. The highest BCUT2D eigenvalue weighted by atomic mass is 16.5. The van der Waals surface area contributed by atoms with Crippen molar-refractivity contribution in [1.82, 2.24) is 0 Å². The van der Waals surface area contributed by atoms with Crippen LogP contribution in [-0.2, 0) is 9.53 Å². The molecular formula is C9H16O3. The minimum absolute atomic E-state index is 0.347. The first kappa shape index (κ1) is 11.2. The van der Waals surface area contributed by atoms with Crippen LogP contribution < -0.4 is 0 Å². The van der Waals surface area contributed by atoms with E-state index in [4.69, 9.17) is 9.84 Å². The molecule has 12 heavy (non-hydrogen) atoms. The van der Waals surface area contributed by atoms with Gasteiger partial charge in [0.15, 0.2) is 0 Å². The van der Waals surface area contributed by atoms with Gasteiger partial charge in [-0.05, 0) is 19.8 Å². The van der Waals surface area contributed by atoms with Gasteiger partial charge >= 0.3 is 5.97 Å². The maximum absolute atomic E-state index is 10.7. The standard InChI is InChI=1S/C9H16O3/c1-3-4-5-6-7-12-9(11)8(2)10/h4-5,8,10H,3,6-7H2,1-2H3/b5-4+/t8-/m1/s1. The highest BCUT2D eigenvalue weighted by Crippen LogP contribution is 1.91. The molecule has 0 saturated carbocycles. The lowest BCUT2D eigenvalue weighted by Crippen LogP contribution is -2.19. The van der Waals surface area contributed by atoms with Crippen LogP contribution in [0.5, 0.6) is 0 Å². The number of aliphatic hydroxyl groups excluding tert-OH is 1. The normalized spacial score (nSPS) is 13.2. The molecule has 1 N–H and O–H groups in total. The molecule has 70 valence electrons. The van der Waals surface area contributed by atoms with Crippen molar-refractivity contribution in [3.63, 3.8) is 0 Å². The molecule has 0 rings (SSSR count). The molecule has 0 spiro atoms. The smallest absolute Gasteiger partial charge is 0.334 e. The Balaban J connectivity index is 3.31. The summed E-state index contributed by atoms with van der Waals surface area (Å²) in [7, 11) is 0. The molecule has 0 bridgehead atoms. The lowest BCUT2D eigenvalue weighted by atomic mass is 10.3. The summed E-state index contributed by atoms with van der Waals surface area (Å²) in [6, 6.07) is 0. The summed E-state index contributed by atoms with van der Waals surface area (Å²) in [4.78, 5) is 10.7. The van der Waals surface area contributed by atoms with Crippen molar-refractivity contribution in [1.29, 1.82) is 0 Å². The molecule has 0 amide bonds. The van der Waals surface area contributed by atoms with E-state index in [-0.39, 0.29) is 0 Å². The Labute approximate surface area is 73.0 Å². The third-order valence-corrected chi connectivity index (χ3v) is 1.27. The van der Waals surface area contributed by atoms with Gasteiger partial charge in [0, 0.05) is 0 Å². The van der Waals surface area contributed by atoms with E-state index in [1.54, 1.807) is 0 Å². The van der Waals surface area contributed by atoms with Gasteiger partial charge in [0.05, 0.1) is 6.61 Å². The van der Waals surface area contributed by atoms with Crippen LogP contribution >= 0.6 is 0 Å². The van der Waals surface area contributed by atoms with E-state index in [1.165, 1.54) is 6.92 Å². The van der Waals surface area contributed by atoms with E-state index in [1.807, 2.05) is 19.1 Å². The minimum atomic E-state index is -1.01. The van der Waals surface area contributed by atoms with E-state index in [0.29, 0.717) is 13.0 Å². The molecule has 1 atom stereocenters. The highest BCUT2D eigenvalue weighted by molar-refractivity contribution is 5.73.